The molecule has 86 heavy (non-hydrogen) atoms. The van der Waals surface area contributed by atoms with Gasteiger partial charge in [-0.3, -0.25) is 0 Å². The quantitative estimate of drug-likeness (QED) is 0.0960. The zero-order valence-corrected chi connectivity index (χ0v) is 47.2. The maximum atomic E-state index is 5.38. The number of para-hydroxylation sites is 6. The number of benzene rings is 13. The van der Waals surface area contributed by atoms with Crippen LogP contribution in [-0.2, 0) is 0 Å². The number of fused-ring (bicyclic) bond motifs is 1. The van der Waals surface area contributed by atoms with Crippen molar-refractivity contribution in [1.29, 1.82) is 0 Å². The summed E-state index contributed by atoms with van der Waals surface area (Å²) in [5.41, 5.74) is 22.5. The van der Waals surface area contributed by atoms with Crippen LogP contribution in [0.4, 0.5) is 68.2 Å². The number of anilines is 12. The summed E-state index contributed by atoms with van der Waals surface area (Å²) in [7, 11) is 0. The van der Waals surface area contributed by atoms with Gasteiger partial charge in [0, 0.05) is 79.4 Å². The van der Waals surface area contributed by atoms with Crippen molar-refractivity contribution in [1.82, 2.24) is 9.97 Å². The average Bonchev–Trinajstić information content (AvgIpc) is 2.17. The Morgan fingerprint density at radius 3 is 0.535 bits per heavy atom. The number of aromatic nitrogens is 2. The van der Waals surface area contributed by atoms with Crippen molar-refractivity contribution in [3.63, 3.8) is 0 Å². The van der Waals surface area contributed by atoms with E-state index in [1.807, 2.05) is 24.3 Å². The highest BCUT2D eigenvalue weighted by Gasteiger charge is 2.21. The molecule has 6 heteroatoms. The average molecular weight is 1100 g/mol. The molecule has 0 aliphatic heterocycles. The molecule has 0 spiro atoms. The smallest absolute Gasteiger partial charge is 0.0973 e. The maximum Gasteiger partial charge on any atom is 0.0973 e. The van der Waals surface area contributed by atoms with Gasteiger partial charge in [-0.15, -0.1) is 0 Å². The molecular formula is C80H58N6. The normalized spacial score (nSPS) is 11.0. The Bertz CT molecular complexity index is 4120. The van der Waals surface area contributed by atoms with Gasteiger partial charge in [-0.2, -0.15) is 0 Å². The Hall–Kier alpha value is -11.6. The summed E-state index contributed by atoms with van der Waals surface area (Å²) in [6, 6.07) is 124. The van der Waals surface area contributed by atoms with Gasteiger partial charge in [-0.1, -0.05) is 194 Å². The zero-order valence-electron chi connectivity index (χ0n) is 47.2. The summed E-state index contributed by atoms with van der Waals surface area (Å²) in [6.45, 7) is 0. The highest BCUT2D eigenvalue weighted by molar-refractivity contribution is 5.90. The van der Waals surface area contributed by atoms with Gasteiger partial charge >= 0.3 is 0 Å². The lowest BCUT2D eigenvalue weighted by molar-refractivity contribution is 1.25. The van der Waals surface area contributed by atoms with E-state index in [4.69, 9.17) is 9.97 Å². The third-order valence-corrected chi connectivity index (χ3v) is 15.6. The molecule has 14 aromatic rings. The zero-order chi connectivity index (χ0) is 57.4. The molecule has 0 fully saturated rings. The summed E-state index contributed by atoms with van der Waals surface area (Å²) in [4.78, 5) is 20.0. The van der Waals surface area contributed by atoms with E-state index < -0.39 is 0 Å². The van der Waals surface area contributed by atoms with Crippen molar-refractivity contribution < 1.29 is 0 Å². The molecule has 0 aliphatic rings. The standard InChI is InChI=1S/C80H58N6/c1-7-21-59(22-8-1)61-35-43-69(44-36-61)85(75-55-51-73(52-56-75)83(65-25-11-3-12-26-65)66-27-13-4-14-28-66)71-47-39-63(40-48-71)79-80(82-78-34-20-19-33-77(78)81-79)64-41-49-72(50-42-64)86(70-45-37-62(38-46-70)60-23-9-2-10-24-60)76-57-53-74(54-58-76)84(67-29-15-5-16-30-67)68-31-17-6-18-32-68/h1-58H. The summed E-state index contributed by atoms with van der Waals surface area (Å²) in [5.74, 6) is 0. The fraction of sp³-hybridized carbons (Fsp3) is 0. The first kappa shape index (κ1) is 52.5. The largest absolute Gasteiger partial charge is 0.311 e. The van der Waals surface area contributed by atoms with Crippen molar-refractivity contribution in [3.8, 4) is 44.8 Å². The molecule has 0 radical (unpaired) electrons. The van der Waals surface area contributed by atoms with Crippen LogP contribution in [0.15, 0.2) is 352 Å². The fourth-order valence-electron chi connectivity index (χ4n) is 11.4. The molecule has 6 nitrogen and oxygen atoms in total. The van der Waals surface area contributed by atoms with Crippen LogP contribution >= 0.6 is 0 Å². The lowest BCUT2D eigenvalue weighted by Gasteiger charge is -2.28. The Morgan fingerprint density at radius 1 is 0.140 bits per heavy atom. The van der Waals surface area contributed by atoms with E-state index in [1.165, 1.54) is 11.1 Å². The third kappa shape index (κ3) is 11.0. The fourth-order valence-corrected chi connectivity index (χ4v) is 11.4. The molecule has 0 bridgehead atoms. The van der Waals surface area contributed by atoms with E-state index in [9.17, 15) is 0 Å². The van der Waals surface area contributed by atoms with E-state index >= 15 is 0 Å². The van der Waals surface area contributed by atoms with Crippen LogP contribution in [-0.4, -0.2) is 9.97 Å². The predicted octanol–water partition coefficient (Wildman–Crippen LogP) is 22.2. The van der Waals surface area contributed by atoms with Gasteiger partial charge < -0.3 is 19.6 Å². The van der Waals surface area contributed by atoms with Gasteiger partial charge in [0.2, 0.25) is 0 Å². The maximum absolute atomic E-state index is 5.38. The van der Waals surface area contributed by atoms with Crippen molar-refractivity contribution in [2.24, 2.45) is 0 Å². The second-order valence-corrected chi connectivity index (χ2v) is 21.0. The molecule has 408 valence electrons. The lowest BCUT2D eigenvalue weighted by Crippen LogP contribution is -2.12. The second kappa shape index (κ2) is 24.1. The summed E-state index contributed by atoms with van der Waals surface area (Å²) < 4.78 is 0. The first-order chi connectivity index (χ1) is 42.6. The molecule has 0 unspecified atom stereocenters. The third-order valence-electron chi connectivity index (χ3n) is 15.6. The molecule has 0 atom stereocenters. The second-order valence-electron chi connectivity index (χ2n) is 21.0. The summed E-state index contributed by atoms with van der Waals surface area (Å²) >= 11 is 0. The summed E-state index contributed by atoms with van der Waals surface area (Å²) in [5, 5.41) is 0. The monoisotopic (exact) mass is 1100 g/mol. The van der Waals surface area contributed by atoms with Crippen LogP contribution in [0.5, 0.6) is 0 Å². The first-order valence-corrected chi connectivity index (χ1v) is 29.0. The lowest BCUT2D eigenvalue weighted by atomic mass is 10.0. The topological polar surface area (TPSA) is 38.7 Å². The number of rotatable bonds is 16. The van der Waals surface area contributed by atoms with Crippen LogP contribution in [0.2, 0.25) is 0 Å². The van der Waals surface area contributed by atoms with Crippen LogP contribution in [0.3, 0.4) is 0 Å². The molecule has 0 amide bonds. The van der Waals surface area contributed by atoms with Gasteiger partial charge in [0.05, 0.1) is 22.4 Å². The minimum Gasteiger partial charge on any atom is -0.311 e. The Labute approximate surface area is 502 Å². The highest BCUT2D eigenvalue weighted by atomic mass is 15.2. The highest BCUT2D eigenvalue weighted by Crippen LogP contribution is 2.44. The predicted molar refractivity (Wildman–Crippen MR) is 360 cm³/mol. The van der Waals surface area contributed by atoms with Crippen molar-refractivity contribution in [2.45, 2.75) is 0 Å². The van der Waals surface area contributed by atoms with Crippen LogP contribution < -0.4 is 19.6 Å². The Kier molecular flexibility index (Phi) is 14.7. The first-order valence-electron chi connectivity index (χ1n) is 29.0. The number of hydrogen-bond acceptors (Lipinski definition) is 6. The van der Waals surface area contributed by atoms with Crippen LogP contribution in [0.1, 0.15) is 0 Å². The molecule has 14 rings (SSSR count). The molecule has 0 saturated heterocycles. The van der Waals surface area contributed by atoms with E-state index in [-0.39, 0.29) is 0 Å². The molecule has 0 N–H and O–H groups in total. The minimum atomic E-state index is 0.804. The van der Waals surface area contributed by atoms with Gasteiger partial charge in [0.1, 0.15) is 0 Å². The molecule has 1 aromatic heterocycles. The van der Waals surface area contributed by atoms with Crippen molar-refractivity contribution >= 4 is 79.3 Å². The van der Waals surface area contributed by atoms with Crippen LogP contribution in [0.25, 0.3) is 55.8 Å². The van der Waals surface area contributed by atoms with Gasteiger partial charge in [0.15, 0.2) is 0 Å². The summed E-state index contributed by atoms with van der Waals surface area (Å²) in [6.07, 6.45) is 0. The van der Waals surface area contributed by atoms with E-state index in [2.05, 4.69) is 347 Å². The van der Waals surface area contributed by atoms with E-state index in [1.54, 1.807) is 0 Å². The van der Waals surface area contributed by atoms with Gasteiger partial charge in [0.25, 0.3) is 0 Å². The Balaban J connectivity index is 0.825. The molecule has 1 heterocycles. The van der Waals surface area contributed by atoms with E-state index in [0.717, 1.165) is 113 Å². The number of hydrogen-bond donors (Lipinski definition) is 0. The minimum absolute atomic E-state index is 0.804. The number of nitrogens with zero attached hydrogens (tertiary/aromatic N) is 6. The molecule has 0 aliphatic carbocycles. The van der Waals surface area contributed by atoms with Crippen LogP contribution in [0, 0.1) is 0 Å². The molecule has 13 aromatic carbocycles. The van der Waals surface area contributed by atoms with Crippen molar-refractivity contribution in [2.75, 3.05) is 19.6 Å². The van der Waals surface area contributed by atoms with E-state index in [0.29, 0.717) is 0 Å². The van der Waals surface area contributed by atoms with Gasteiger partial charge in [-0.25, -0.2) is 9.97 Å². The SMILES string of the molecule is c1ccc(-c2ccc(N(c3ccc(-c4nc5ccccc5nc4-c4ccc(N(c5ccc(-c6ccccc6)cc5)c5ccc(N(c6ccccc6)c6ccccc6)cc5)cc4)cc3)c3ccc(N(c4ccccc4)c4ccccc4)cc3)cc2)cc1. The Morgan fingerprint density at radius 2 is 0.302 bits per heavy atom. The molecule has 0 saturated carbocycles. The van der Waals surface area contributed by atoms with Crippen molar-refractivity contribution in [3.05, 3.63) is 352 Å². The molecular weight excluding hydrogens is 1040 g/mol. The van der Waals surface area contributed by atoms with Gasteiger partial charge in [-0.05, 0) is 180 Å².